The van der Waals surface area contributed by atoms with Crippen LogP contribution in [0.15, 0.2) is 43.1 Å². The molecule has 0 bridgehead atoms. The van der Waals surface area contributed by atoms with E-state index in [9.17, 15) is 4.79 Å². The molecular formula is C17H19N5O. The van der Waals surface area contributed by atoms with Gasteiger partial charge in [0.1, 0.15) is 11.3 Å². The minimum atomic E-state index is 0.0120. The van der Waals surface area contributed by atoms with Gasteiger partial charge in [0.2, 0.25) is 0 Å². The maximum atomic E-state index is 12.8. The fourth-order valence-electron chi connectivity index (χ4n) is 3.28. The lowest BCUT2D eigenvalue weighted by Crippen LogP contribution is -2.40. The van der Waals surface area contributed by atoms with E-state index >= 15 is 0 Å². The third-order valence-electron chi connectivity index (χ3n) is 4.55. The highest BCUT2D eigenvalue weighted by Crippen LogP contribution is 2.22. The number of aryl methyl sites for hydroxylation is 1. The van der Waals surface area contributed by atoms with Crippen LogP contribution in [0.5, 0.6) is 0 Å². The molecule has 0 unspecified atom stereocenters. The summed E-state index contributed by atoms with van der Waals surface area (Å²) >= 11 is 0. The van der Waals surface area contributed by atoms with Crippen molar-refractivity contribution < 1.29 is 4.79 Å². The van der Waals surface area contributed by atoms with Crippen molar-refractivity contribution in [1.82, 2.24) is 23.8 Å². The Morgan fingerprint density at radius 2 is 2.26 bits per heavy atom. The molecular weight excluding hydrogens is 290 g/mol. The second-order valence-electron chi connectivity index (χ2n) is 6.08. The van der Waals surface area contributed by atoms with Crippen molar-refractivity contribution in [1.29, 1.82) is 0 Å². The van der Waals surface area contributed by atoms with Crippen molar-refractivity contribution in [3.8, 4) is 0 Å². The van der Waals surface area contributed by atoms with Crippen LogP contribution in [0.3, 0.4) is 0 Å². The molecule has 1 aliphatic heterocycles. The molecule has 0 saturated carbocycles. The van der Waals surface area contributed by atoms with E-state index in [1.165, 1.54) is 0 Å². The van der Waals surface area contributed by atoms with E-state index < -0.39 is 0 Å². The highest BCUT2D eigenvalue weighted by atomic mass is 16.2. The van der Waals surface area contributed by atoms with E-state index in [0.29, 0.717) is 18.3 Å². The van der Waals surface area contributed by atoms with E-state index in [-0.39, 0.29) is 5.91 Å². The summed E-state index contributed by atoms with van der Waals surface area (Å²) in [4.78, 5) is 23.3. The van der Waals surface area contributed by atoms with E-state index in [4.69, 9.17) is 0 Å². The Labute approximate surface area is 134 Å². The molecule has 23 heavy (non-hydrogen) atoms. The summed E-state index contributed by atoms with van der Waals surface area (Å²) in [6.07, 6.45) is 9.49. The molecule has 3 aromatic rings. The summed E-state index contributed by atoms with van der Waals surface area (Å²) in [5.41, 5.74) is 2.41. The van der Waals surface area contributed by atoms with Gasteiger partial charge in [-0.15, -0.1) is 0 Å². The van der Waals surface area contributed by atoms with Gasteiger partial charge < -0.3 is 13.9 Å². The van der Waals surface area contributed by atoms with Gasteiger partial charge in [0.05, 0.1) is 12.4 Å². The number of carbonyl (C=O) groups excluding carboxylic acids is 1. The lowest BCUT2D eigenvalue weighted by molar-refractivity contribution is 0.0674. The number of imidazole rings is 2. The molecule has 1 saturated heterocycles. The van der Waals surface area contributed by atoms with Gasteiger partial charge in [-0.1, -0.05) is 6.07 Å². The van der Waals surface area contributed by atoms with Crippen LogP contribution in [-0.2, 0) is 0 Å². The van der Waals surface area contributed by atoms with Crippen molar-refractivity contribution >= 4 is 11.6 Å². The van der Waals surface area contributed by atoms with Crippen LogP contribution in [0.1, 0.15) is 35.1 Å². The molecule has 1 amide bonds. The maximum absolute atomic E-state index is 12.8. The second kappa shape index (κ2) is 5.53. The zero-order chi connectivity index (χ0) is 15.8. The first-order chi connectivity index (χ1) is 11.2. The average molecular weight is 309 g/mol. The van der Waals surface area contributed by atoms with Gasteiger partial charge in [-0.25, -0.2) is 9.97 Å². The van der Waals surface area contributed by atoms with Crippen LogP contribution in [0, 0.1) is 6.92 Å². The van der Waals surface area contributed by atoms with Crippen molar-refractivity contribution in [2.75, 3.05) is 13.1 Å². The van der Waals surface area contributed by atoms with Gasteiger partial charge in [0, 0.05) is 37.4 Å². The topological polar surface area (TPSA) is 55.4 Å². The maximum Gasteiger partial charge on any atom is 0.274 e. The van der Waals surface area contributed by atoms with E-state index in [1.54, 1.807) is 6.20 Å². The Balaban J connectivity index is 1.58. The first-order valence-electron chi connectivity index (χ1n) is 7.94. The first kappa shape index (κ1) is 14.0. The Hall–Kier alpha value is -2.63. The summed E-state index contributed by atoms with van der Waals surface area (Å²) in [7, 11) is 0. The molecule has 0 aromatic carbocycles. The molecule has 118 valence electrons. The predicted molar refractivity (Wildman–Crippen MR) is 86.3 cm³/mol. The van der Waals surface area contributed by atoms with Gasteiger partial charge in [0.25, 0.3) is 5.91 Å². The van der Waals surface area contributed by atoms with Gasteiger partial charge >= 0.3 is 0 Å². The number of likely N-dealkylation sites (tertiary alicyclic amines) is 1. The fraction of sp³-hybridized carbons (Fsp3) is 0.353. The third kappa shape index (κ3) is 2.50. The molecule has 0 aliphatic carbocycles. The number of amides is 1. The van der Waals surface area contributed by atoms with Gasteiger partial charge in [-0.2, -0.15) is 0 Å². The molecule has 4 heterocycles. The fourth-order valence-corrected chi connectivity index (χ4v) is 3.28. The number of fused-ring (bicyclic) bond motifs is 1. The molecule has 4 rings (SSSR count). The number of hydrogen-bond donors (Lipinski definition) is 0. The van der Waals surface area contributed by atoms with Crippen LogP contribution >= 0.6 is 0 Å². The van der Waals surface area contributed by atoms with Crippen LogP contribution in [0.25, 0.3) is 5.65 Å². The van der Waals surface area contributed by atoms with Gasteiger partial charge in [0.15, 0.2) is 0 Å². The summed E-state index contributed by atoms with van der Waals surface area (Å²) in [5, 5.41) is 0. The SMILES string of the molecule is Cc1cccc2nc(C(=O)N3CCC[C@H](n4ccnc4)C3)cn12. The minimum absolute atomic E-state index is 0.0120. The lowest BCUT2D eigenvalue weighted by atomic mass is 10.1. The van der Waals surface area contributed by atoms with Crippen LogP contribution in [0.2, 0.25) is 0 Å². The number of piperidine rings is 1. The molecule has 3 aromatic heterocycles. The molecule has 6 nitrogen and oxygen atoms in total. The summed E-state index contributed by atoms with van der Waals surface area (Å²) < 4.78 is 4.05. The van der Waals surface area contributed by atoms with Crippen LogP contribution in [-0.4, -0.2) is 42.8 Å². The van der Waals surface area contributed by atoms with Crippen molar-refractivity contribution in [2.45, 2.75) is 25.8 Å². The van der Waals surface area contributed by atoms with Gasteiger partial charge in [-0.05, 0) is 31.9 Å². The van der Waals surface area contributed by atoms with Crippen molar-refractivity contribution in [3.05, 3.63) is 54.5 Å². The second-order valence-corrected chi connectivity index (χ2v) is 6.08. The summed E-state index contributed by atoms with van der Waals surface area (Å²) in [6, 6.07) is 6.20. The average Bonchev–Trinajstić information content (AvgIpc) is 3.24. The number of rotatable bonds is 2. The highest BCUT2D eigenvalue weighted by molar-refractivity contribution is 5.93. The summed E-state index contributed by atoms with van der Waals surface area (Å²) in [6.45, 7) is 3.51. The lowest BCUT2D eigenvalue weighted by Gasteiger charge is -2.32. The monoisotopic (exact) mass is 309 g/mol. The van der Waals surface area contributed by atoms with Gasteiger partial charge in [-0.3, -0.25) is 4.79 Å². The Bertz CT molecular complexity index is 836. The third-order valence-corrected chi connectivity index (χ3v) is 4.55. The number of aromatic nitrogens is 4. The number of carbonyl (C=O) groups is 1. The zero-order valence-corrected chi connectivity index (χ0v) is 13.1. The Morgan fingerprint density at radius 3 is 3.04 bits per heavy atom. The van der Waals surface area contributed by atoms with Crippen molar-refractivity contribution in [3.63, 3.8) is 0 Å². The Morgan fingerprint density at radius 1 is 1.35 bits per heavy atom. The van der Waals surface area contributed by atoms with E-state index in [2.05, 4.69) is 14.5 Å². The van der Waals surface area contributed by atoms with E-state index in [0.717, 1.165) is 30.7 Å². The van der Waals surface area contributed by atoms with E-state index in [1.807, 2.05) is 53.1 Å². The zero-order valence-electron chi connectivity index (χ0n) is 13.1. The largest absolute Gasteiger partial charge is 0.335 e. The molecule has 0 radical (unpaired) electrons. The molecule has 0 spiro atoms. The number of hydrogen-bond acceptors (Lipinski definition) is 3. The standard InChI is InChI=1S/C17H19N5O/c1-13-4-2-6-16-19-15(11-22(13)16)17(23)20-8-3-5-14(10-20)21-9-7-18-12-21/h2,4,6-7,9,11-12,14H,3,5,8,10H2,1H3/t14-/m0/s1. The minimum Gasteiger partial charge on any atom is -0.335 e. The molecule has 1 atom stereocenters. The smallest absolute Gasteiger partial charge is 0.274 e. The molecule has 1 aliphatic rings. The summed E-state index contributed by atoms with van der Waals surface area (Å²) in [5.74, 6) is 0.0120. The quantitative estimate of drug-likeness (QED) is 0.730. The molecule has 1 fully saturated rings. The molecule has 0 N–H and O–H groups in total. The van der Waals surface area contributed by atoms with Crippen molar-refractivity contribution in [2.24, 2.45) is 0 Å². The Kier molecular flexibility index (Phi) is 3.37. The normalized spacial score (nSPS) is 18.5. The van der Waals surface area contributed by atoms with Crippen LogP contribution in [0.4, 0.5) is 0 Å². The van der Waals surface area contributed by atoms with Crippen LogP contribution < -0.4 is 0 Å². The molecule has 6 heteroatoms. The predicted octanol–water partition coefficient (Wildman–Crippen LogP) is 2.32. The first-order valence-corrected chi connectivity index (χ1v) is 7.94. The number of nitrogens with zero attached hydrogens (tertiary/aromatic N) is 5. The number of pyridine rings is 1. The highest BCUT2D eigenvalue weighted by Gasteiger charge is 2.26.